The highest BCUT2D eigenvalue weighted by molar-refractivity contribution is 7.83. The maximum atomic E-state index is 14.2. The Bertz CT molecular complexity index is 1440. The van der Waals surface area contributed by atoms with Crippen LogP contribution in [-0.4, -0.2) is 22.0 Å². The Hall–Kier alpha value is -3.02. The van der Waals surface area contributed by atoms with Gasteiger partial charge in [-0.25, -0.2) is 13.0 Å². The molecule has 3 aromatic carbocycles. The van der Waals surface area contributed by atoms with Crippen molar-refractivity contribution in [1.82, 2.24) is 4.72 Å². The molecule has 1 amide bonds. The summed E-state index contributed by atoms with van der Waals surface area (Å²) in [5.41, 5.74) is -2.52. The number of halogens is 7. The lowest BCUT2D eigenvalue weighted by atomic mass is 9.86. The molecule has 3 aromatic rings. The van der Waals surface area contributed by atoms with Crippen LogP contribution in [0.2, 0.25) is 10.0 Å². The van der Waals surface area contributed by atoms with Gasteiger partial charge in [0.05, 0.1) is 10.6 Å². The number of hydrogen-bond acceptors (Lipinski definition) is 4. The smallest absolute Gasteiger partial charge is 0.374 e. The molecule has 0 aliphatic carbocycles. The minimum atomic E-state index is -4.87. The fraction of sp³-hybridized carbons (Fsp3) is 0.167. The fourth-order valence-electron chi connectivity index (χ4n) is 3.73. The van der Waals surface area contributed by atoms with E-state index in [4.69, 9.17) is 28.0 Å². The van der Waals surface area contributed by atoms with Crippen LogP contribution in [0.25, 0.3) is 0 Å². The summed E-state index contributed by atoms with van der Waals surface area (Å²) in [7, 11) is -2.19. The van der Waals surface area contributed by atoms with Gasteiger partial charge in [0.25, 0.3) is 11.5 Å². The Balaban J connectivity index is 1.56. The topological polar surface area (TPSA) is 67.8 Å². The van der Waals surface area contributed by atoms with Crippen LogP contribution in [0.5, 0.6) is 0 Å². The Morgan fingerprint density at radius 3 is 2.30 bits per heavy atom. The summed E-state index contributed by atoms with van der Waals surface area (Å²) in [5, 5.41) is 3.67. The van der Waals surface area contributed by atoms with Gasteiger partial charge < -0.3 is 4.84 Å². The number of amides is 1. The van der Waals surface area contributed by atoms with E-state index in [1.54, 1.807) is 0 Å². The molecular weight excluding hydrogens is 562 g/mol. The van der Waals surface area contributed by atoms with E-state index in [1.807, 2.05) is 0 Å². The number of carbonyl (C=O) groups is 1. The SMILES string of the molecule is Cc1cc(C2=NOC(c3cc(Cl)cc(Cl)c3)(C(F)(F)F)C2)ccc1C(=O)NS(=O)c1ccc(F)c(F)c1. The van der Waals surface area contributed by atoms with Crippen LogP contribution < -0.4 is 4.72 Å². The predicted molar refractivity (Wildman–Crippen MR) is 128 cm³/mol. The second-order valence-electron chi connectivity index (χ2n) is 8.09. The van der Waals surface area contributed by atoms with Gasteiger partial charge in [-0.2, -0.15) is 13.2 Å². The van der Waals surface area contributed by atoms with Crippen LogP contribution in [0.15, 0.2) is 64.6 Å². The number of nitrogens with one attached hydrogen (secondary N) is 1. The molecule has 0 saturated carbocycles. The molecule has 0 fully saturated rings. The molecular formula is C24H15Cl2F5N2O3S. The molecule has 0 radical (unpaired) electrons. The van der Waals surface area contributed by atoms with Crippen molar-refractivity contribution in [3.05, 3.63) is 98.5 Å². The van der Waals surface area contributed by atoms with Crippen LogP contribution in [0.3, 0.4) is 0 Å². The third-order valence-corrected chi connectivity index (χ3v) is 7.10. The number of aryl methyl sites for hydroxylation is 1. The second kappa shape index (κ2) is 10.0. The summed E-state index contributed by atoms with van der Waals surface area (Å²) >= 11 is 11.8. The molecule has 194 valence electrons. The zero-order valence-corrected chi connectivity index (χ0v) is 21.0. The van der Waals surface area contributed by atoms with Gasteiger partial charge in [0.15, 0.2) is 22.6 Å². The van der Waals surface area contributed by atoms with Crippen molar-refractivity contribution >= 4 is 45.8 Å². The Kier molecular flexibility index (Phi) is 7.33. The Morgan fingerprint density at radius 2 is 1.70 bits per heavy atom. The standard InChI is InChI=1S/C24H15Cl2F5N2O3S/c1-12-6-13(2-4-18(12)22(34)33-37(35)17-3-5-19(27)20(28)10-17)21-11-23(36-32-21,24(29,30)31)14-7-15(25)9-16(26)8-14/h2-10H,11H2,1H3,(H,33,34). The third-order valence-electron chi connectivity index (χ3n) is 5.61. The number of nitrogens with zero attached hydrogens (tertiary/aromatic N) is 1. The fourth-order valence-corrected chi connectivity index (χ4v) is 5.06. The molecule has 1 heterocycles. The quantitative estimate of drug-likeness (QED) is 0.347. The van der Waals surface area contributed by atoms with Crippen LogP contribution in [-0.2, 0) is 21.4 Å². The van der Waals surface area contributed by atoms with Crippen molar-refractivity contribution in [2.75, 3.05) is 0 Å². The van der Waals surface area contributed by atoms with Gasteiger partial charge in [-0.1, -0.05) is 34.4 Å². The molecule has 1 aliphatic rings. The molecule has 37 heavy (non-hydrogen) atoms. The normalized spacial score (nSPS) is 18.2. The van der Waals surface area contributed by atoms with E-state index < -0.39 is 46.7 Å². The molecule has 0 saturated heterocycles. The largest absolute Gasteiger partial charge is 0.435 e. The van der Waals surface area contributed by atoms with Gasteiger partial charge in [0, 0.05) is 27.6 Å². The molecule has 2 atom stereocenters. The molecule has 4 rings (SSSR count). The summed E-state index contributed by atoms with van der Waals surface area (Å²) in [6.45, 7) is 1.52. The first-order valence-electron chi connectivity index (χ1n) is 10.4. The first-order valence-corrected chi connectivity index (χ1v) is 12.3. The lowest BCUT2D eigenvalue weighted by Crippen LogP contribution is -2.42. The summed E-state index contributed by atoms with van der Waals surface area (Å²) in [6, 6.07) is 10.1. The van der Waals surface area contributed by atoms with Gasteiger partial charge in [0.1, 0.15) is 0 Å². The van der Waals surface area contributed by atoms with E-state index in [9.17, 15) is 31.0 Å². The Morgan fingerprint density at radius 1 is 1.03 bits per heavy atom. The van der Waals surface area contributed by atoms with Crippen molar-refractivity contribution in [3.63, 3.8) is 0 Å². The first-order chi connectivity index (χ1) is 17.3. The minimum absolute atomic E-state index is 0.00449. The van der Waals surface area contributed by atoms with E-state index in [0.717, 1.165) is 24.3 Å². The van der Waals surface area contributed by atoms with Crippen molar-refractivity contribution in [2.45, 2.75) is 30.0 Å². The van der Waals surface area contributed by atoms with Gasteiger partial charge in [-0.3, -0.25) is 9.52 Å². The average Bonchev–Trinajstić information content (AvgIpc) is 3.27. The van der Waals surface area contributed by atoms with Crippen molar-refractivity contribution in [1.29, 1.82) is 0 Å². The predicted octanol–water partition coefficient (Wildman–Crippen LogP) is 6.61. The number of hydrogen-bond donors (Lipinski definition) is 1. The minimum Gasteiger partial charge on any atom is -0.374 e. The second-order valence-corrected chi connectivity index (χ2v) is 10.2. The Labute approximate surface area is 219 Å². The van der Waals surface area contributed by atoms with Gasteiger partial charge in [0.2, 0.25) is 0 Å². The summed E-state index contributed by atoms with van der Waals surface area (Å²) in [4.78, 5) is 17.4. The van der Waals surface area contributed by atoms with Crippen LogP contribution in [0, 0.1) is 18.6 Å². The lowest BCUT2D eigenvalue weighted by Gasteiger charge is -2.29. The molecule has 0 bridgehead atoms. The van der Waals surface area contributed by atoms with Crippen molar-refractivity contribution < 1.29 is 35.8 Å². The molecule has 13 heteroatoms. The highest BCUT2D eigenvalue weighted by Crippen LogP contribution is 2.49. The number of benzene rings is 3. The van der Waals surface area contributed by atoms with Gasteiger partial charge in [-0.05, 0) is 66.6 Å². The van der Waals surface area contributed by atoms with Crippen molar-refractivity contribution in [2.24, 2.45) is 5.16 Å². The molecule has 1 aliphatic heterocycles. The molecule has 0 spiro atoms. The highest BCUT2D eigenvalue weighted by atomic mass is 35.5. The maximum absolute atomic E-state index is 14.2. The van der Waals surface area contributed by atoms with Gasteiger partial charge >= 0.3 is 6.18 Å². The zero-order chi connectivity index (χ0) is 27.1. The summed E-state index contributed by atoms with van der Waals surface area (Å²) < 4.78 is 83.6. The van der Waals surface area contributed by atoms with Crippen LogP contribution in [0.4, 0.5) is 22.0 Å². The number of oxime groups is 1. The van der Waals surface area contributed by atoms with E-state index in [-0.39, 0.29) is 37.3 Å². The van der Waals surface area contributed by atoms with E-state index in [0.29, 0.717) is 11.6 Å². The zero-order valence-electron chi connectivity index (χ0n) is 18.6. The van der Waals surface area contributed by atoms with E-state index in [1.165, 1.54) is 31.2 Å². The van der Waals surface area contributed by atoms with E-state index >= 15 is 0 Å². The van der Waals surface area contributed by atoms with E-state index in [2.05, 4.69) is 9.88 Å². The molecule has 1 N–H and O–H groups in total. The molecule has 2 unspecified atom stereocenters. The average molecular weight is 577 g/mol. The van der Waals surface area contributed by atoms with Gasteiger partial charge in [-0.15, -0.1) is 0 Å². The maximum Gasteiger partial charge on any atom is 0.435 e. The summed E-state index contributed by atoms with van der Waals surface area (Å²) in [5.74, 6) is -3.16. The highest BCUT2D eigenvalue weighted by Gasteiger charge is 2.62. The van der Waals surface area contributed by atoms with Crippen LogP contribution in [0.1, 0.15) is 33.5 Å². The number of rotatable bonds is 5. The molecule has 0 aromatic heterocycles. The summed E-state index contributed by atoms with van der Waals surface area (Å²) in [6.07, 6.45) is -5.55. The number of carbonyl (C=O) groups excluding carboxylic acids is 1. The van der Waals surface area contributed by atoms with Crippen LogP contribution >= 0.6 is 23.2 Å². The first kappa shape index (κ1) is 27.0. The third kappa shape index (κ3) is 5.34. The number of alkyl halides is 3. The lowest BCUT2D eigenvalue weighted by molar-refractivity contribution is -0.275. The molecule has 5 nitrogen and oxygen atoms in total. The monoisotopic (exact) mass is 576 g/mol. The van der Waals surface area contributed by atoms with Crippen molar-refractivity contribution in [3.8, 4) is 0 Å².